The van der Waals surface area contributed by atoms with E-state index in [0.29, 0.717) is 58.3 Å². The van der Waals surface area contributed by atoms with Crippen molar-refractivity contribution in [2.75, 3.05) is 39.4 Å². The van der Waals surface area contributed by atoms with Crippen LogP contribution in [0.25, 0.3) is 0 Å². The topological polar surface area (TPSA) is 217 Å². The Morgan fingerprint density at radius 3 is 2.29 bits per heavy atom. The van der Waals surface area contributed by atoms with Crippen LogP contribution in [0.15, 0.2) is 0 Å². The van der Waals surface area contributed by atoms with Crippen molar-refractivity contribution in [1.29, 1.82) is 0 Å². The summed E-state index contributed by atoms with van der Waals surface area (Å²) in [5.41, 5.74) is 11.2. The zero-order chi connectivity index (χ0) is 26.4. The number of aliphatic carboxylic acids is 2. The van der Waals surface area contributed by atoms with E-state index >= 15 is 0 Å². The number of likely N-dealkylation sites (tertiary alicyclic amines) is 1. The molecule has 4 unspecified atom stereocenters. The fraction of sp³-hybridized carbons (Fsp3) is 0.773. The number of carboxylic acid groups (broad SMARTS) is 2. The van der Waals surface area contributed by atoms with Gasteiger partial charge in [0.05, 0.1) is 19.1 Å². The summed E-state index contributed by atoms with van der Waals surface area (Å²) in [6.07, 6.45) is 2.32. The minimum Gasteiger partial charge on any atom is -0.481 e. The predicted molar refractivity (Wildman–Crippen MR) is 127 cm³/mol. The first-order chi connectivity index (χ1) is 16.6. The van der Waals surface area contributed by atoms with Crippen molar-refractivity contribution in [3.63, 3.8) is 0 Å². The van der Waals surface area contributed by atoms with E-state index in [1.54, 1.807) is 11.8 Å². The van der Waals surface area contributed by atoms with Gasteiger partial charge in [0.25, 0.3) is 0 Å². The zero-order valence-corrected chi connectivity index (χ0v) is 20.3. The van der Waals surface area contributed by atoms with E-state index in [9.17, 15) is 29.1 Å². The van der Waals surface area contributed by atoms with Gasteiger partial charge in [0.15, 0.2) is 0 Å². The molecule has 200 valence electrons. The van der Waals surface area contributed by atoms with Crippen LogP contribution in [0.3, 0.4) is 0 Å². The summed E-state index contributed by atoms with van der Waals surface area (Å²) < 4.78 is 0. The highest BCUT2D eigenvalue weighted by atomic mass is 16.4. The van der Waals surface area contributed by atoms with Gasteiger partial charge in [-0.15, -0.1) is 0 Å². The fourth-order valence-electron chi connectivity index (χ4n) is 4.20. The van der Waals surface area contributed by atoms with E-state index in [0.717, 1.165) is 0 Å². The van der Waals surface area contributed by atoms with Crippen molar-refractivity contribution in [3.05, 3.63) is 0 Å². The molecule has 0 aromatic heterocycles. The highest BCUT2D eigenvalue weighted by Crippen LogP contribution is 2.31. The molecule has 13 heteroatoms. The summed E-state index contributed by atoms with van der Waals surface area (Å²) in [6.45, 7) is 2.76. The third kappa shape index (κ3) is 11.0. The Labute approximate surface area is 205 Å². The van der Waals surface area contributed by atoms with Crippen molar-refractivity contribution < 1.29 is 34.2 Å². The maximum atomic E-state index is 12.8. The molecule has 0 radical (unpaired) electrons. The summed E-state index contributed by atoms with van der Waals surface area (Å²) in [5, 5.41) is 26.0. The summed E-state index contributed by atoms with van der Waals surface area (Å²) in [4.78, 5) is 60.8. The number of rotatable bonds is 17. The van der Waals surface area contributed by atoms with Crippen LogP contribution in [0, 0.1) is 17.8 Å². The van der Waals surface area contributed by atoms with Crippen LogP contribution < -0.4 is 27.4 Å². The first-order valence-corrected chi connectivity index (χ1v) is 12.0. The molecule has 0 spiro atoms. The highest BCUT2D eigenvalue weighted by Gasteiger charge is 2.41. The number of nitrogens with zero attached hydrogens (tertiary/aromatic N) is 1. The smallest absolute Gasteiger partial charge is 0.320 e. The average Bonchev–Trinajstić information content (AvgIpc) is 3.22. The molecule has 1 aliphatic heterocycles. The number of nitrogens with two attached hydrogens (primary N) is 2. The normalized spacial score (nSPS) is 19.5. The Morgan fingerprint density at radius 2 is 1.69 bits per heavy atom. The van der Waals surface area contributed by atoms with Gasteiger partial charge in [-0.05, 0) is 44.6 Å². The molecule has 13 nitrogen and oxygen atoms in total. The van der Waals surface area contributed by atoms with Gasteiger partial charge in [-0.2, -0.15) is 0 Å². The van der Waals surface area contributed by atoms with Crippen molar-refractivity contribution in [3.8, 4) is 0 Å². The van der Waals surface area contributed by atoms with Crippen LogP contribution in [-0.4, -0.2) is 90.2 Å². The van der Waals surface area contributed by atoms with Crippen LogP contribution in [0.2, 0.25) is 0 Å². The van der Waals surface area contributed by atoms with Crippen molar-refractivity contribution >= 4 is 29.7 Å². The summed E-state index contributed by atoms with van der Waals surface area (Å²) in [6, 6.07) is -0.688. The first kappa shape index (κ1) is 30.3. The first-order valence-electron chi connectivity index (χ1n) is 12.0. The SMILES string of the molecule is CC(CCCC(=O)NCC(=O)NCNC(=O)C(CCCN)C1CC(C(=O)O)N(CCN)C1)C(=O)O. The van der Waals surface area contributed by atoms with E-state index in [4.69, 9.17) is 16.6 Å². The Balaban J connectivity index is 2.45. The van der Waals surface area contributed by atoms with Gasteiger partial charge < -0.3 is 37.6 Å². The third-order valence-corrected chi connectivity index (χ3v) is 6.22. The van der Waals surface area contributed by atoms with Gasteiger partial charge in [0.2, 0.25) is 17.7 Å². The van der Waals surface area contributed by atoms with Crippen LogP contribution >= 0.6 is 0 Å². The molecule has 1 saturated heterocycles. The van der Waals surface area contributed by atoms with Gasteiger partial charge in [-0.3, -0.25) is 28.9 Å². The molecular formula is C22H40N6O7. The van der Waals surface area contributed by atoms with E-state index in [2.05, 4.69) is 16.0 Å². The van der Waals surface area contributed by atoms with Gasteiger partial charge in [-0.25, -0.2) is 0 Å². The monoisotopic (exact) mass is 500 g/mol. The Bertz CT molecular complexity index is 735. The molecule has 1 aliphatic rings. The van der Waals surface area contributed by atoms with Crippen LogP contribution in [0.1, 0.15) is 45.4 Å². The lowest BCUT2D eigenvalue weighted by molar-refractivity contribution is -0.142. The zero-order valence-electron chi connectivity index (χ0n) is 20.3. The molecular weight excluding hydrogens is 460 g/mol. The molecule has 1 rings (SSSR count). The fourth-order valence-corrected chi connectivity index (χ4v) is 4.20. The third-order valence-electron chi connectivity index (χ3n) is 6.22. The van der Waals surface area contributed by atoms with E-state index in [-0.39, 0.29) is 37.4 Å². The summed E-state index contributed by atoms with van der Waals surface area (Å²) in [7, 11) is 0. The molecule has 9 N–H and O–H groups in total. The lowest BCUT2D eigenvalue weighted by Crippen LogP contribution is -2.45. The van der Waals surface area contributed by atoms with Gasteiger partial charge >= 0.3 is 11.9 Å². The van der Waals surface area contributed by atoms with Gasteiger partial charge in [0, 0.05) is 32.0 Å². The number of hydrogen-bond acceptors (Lipinski definition) is 8. The maximum Gasteiger partial charge on any atom is 0.320 e. The number of amides is 3. The second-order valence-corrected chi connectivity index (χ2v) is 8.90. The van der Waals surface area contributed by atoms with E-state index < -0.39 is 35.7 Å². The lowest BCUT2D eigenvalue weighted by atomic mass is 9.85. The number of carboxylic acids is 2. The number of hydrogen-bond donors (Lipinski definition) is 7. The molecule has 0 aromatic rings. The van der Waals surface area contributed by atoms with Crippen molar-refractivity contribution in [2.24, 2.45) is 29.2 Å². The molecule has 0 aromatic carbocycles. The molecule has 1 heterocycles. The molecule has 35 heavy (non-hydrogen) atoms. The number of carbonyl (C=O) groups excluding carboxylic acids is 3. The molecule has 0 saturated carbocycles. The minimum atomic E-state index is -0.940. The quantitative estimate of drug-likeness (QED) is 0.112. The molecule has 0 bridgehead atoms. The maximum absolute atomic E-state index is 12.8. The molecule has 0 aliphatic carbocycles. The van der Waals surface area contributed by atoms with Gasteiger partial charge in [-0.1, -0.05) is 6.92 Å². The van der Waals surface area contributed by atoms with Crippen LogP contribution in [-0.2, 0) is 24.0 Å². The Morgan fingerprint density at radius 1 is 0.971 bits per heavy atom. The standard InChI is InChI=1S/C22H40N6O7/c1-14(21(32)33)4-2-6-18(29)25-11-19(30)26-13-27-20(31)16(5-3-7-23)15-10-17(22(34)35)28(12-15)9-8-24/h14-17H,2-13,23-24H2,1H3,(H,25,29)(H,26,30)(H,27,31)(H,32,33)(H,34,35). The Hall–Kier alpha value is -2.77. The molecule has 3 amide bonds. The highest BCUT2D eigenvalue weighted by molar-refractivity contribution is 5.85. The van der Waals surface area contributed by atoms with Gasteiger partial charge in [0.1, 0.15) is 6.04 Å². The minimum absolute atomic E-state index is 0.115. The van der Waals surface area contributed by atoms with Crippen LogP contribution in [0.5, 0.6) is 0 Å². The largest absolute Gasteiger partial charge is 0.481 e. The second-order valence-electron chi connectivity index (χ2n) is 8.90. The molecule has 1 fully saturated rings. The second kappa shape index (κ2) is 16.0. The van der Waals surface area contributed by atoms with Crippen molar-refractivity contribution in [1.82, 2.24) is 20.9 Å². The predicted octanol–water partition coefficient (Wildman–Crippen LogP) is -1.73. The van der Waals surface area contributed by atoms with Crippen LogP contribution in [0.4, 0.5) is 0 Å². The lowest BCUT2D eigenvalue weighted by Gasteiger charge is -2.23. The average molecular weight is 501 g/mol. The van der Waals surface area contributed by atoms with E-state index in [1.165, 1.54) is 0 Å². The summed E-state index contributed by atoms with van der Waals surface area (Å²) in [5.74, 6) is -4.16. The van der Waals surface area contributed by atoms with Crippen molar-refractivity contribution in [2.45, 2.75) is 51.5 Å². The number of carbonyl (C=O) groups is 5. The Kier molecular flexibility index (Phi) is 13.8. The van der Waals surface area contributed by atoms with E-state index in [1.807, 2.05) is 0 Å². The summed E-state index contributed by atoms with van der Waals surface area (Å²) >= 11 is 0. The number of nitrogens with one attached hydrogen (secondary N) is 3. The molecule has 4 atom stereocenters.